The van der Waals surface area contributed by atoms with Crippen molar-refractivity contribution >= 4 is 0 Å². The molecule has 0 aromatic carbocycles. The minimum Gasteiger partial charge on any atom is -0.377 e. The minimum atomic E-state index is 0.478. The molecule has 118 valence electrons. The Labute approximate surface area is 125 Å². The normalized spacial score (nSPS) is 33.6. The molecule has 3 atom stereocenters. The molecule has 2 fully saturated rings. The highest BCUT2D eigenvalue weighted by molar-refractivity contribution is 4.88. The van der Waals surface area contributed by atoms with Crippen LogP contribution in [0.3, 0.4) is 0 Å². The lowest BCUT2D eigenvalue weighted by atomic mass is 9.90. The molecule has 1 N–H and O–H groups in total. The van der Waals surface area contributed by atoms with Gasteiger partial charge in [0.1, 0.15) is 0 Å². The summed E-state index contributed by atoms with van der Waals surface area (Å²) in [5, 5.41) is 3.59. The van der Waals surface area contributed by atoms with Gasteiger partial charge in [0.2, 0.25) is 0 Å². The topological polar surface area (TPSA) is 24.5 Å². The predicted molar refractivity (Wildman–Crippen MR) is 85.2 cm³/mol. The highest BCUT2D eigenvalue weighted by atomic mass is 16.5. The Morgan fingerprint density at radius 1 is 1.05 bits per heavy atom. The quantitative estimate of drug-likeness (QED) is 0.838. The van der Waals surface area contributed by atoms with Gasteiger partial charge in [-0.25, -0.2) is 0 Å². The standard InChI is InChI=1S/C17H34N2O/c1-3-13-20-15-9-8-12-19(14-15)17-11-7-5-4-6-10-16(17)18-2/h15-18H,3-14H2,1-2H3. The van der Waals surface area contributed by atoms with Crippen LogP contribution < -0.4 is 5.32 Å². The fourth-order valence-corrected chi connectivity index (χ4v) is 3.93. The smallest absolute Gasteiger partial charge is 0.0702 e. The van der Waals surface area contributed by atoms with Crippen LogP contribution in [-0.2, 0) is 4.74 Å². The van der Waals surface area contributed by atoms with E-state index in [9.17, 15) is 0 Å². The zero-order chi connectivity index (χ0) is 14.2. The lowest BCUT2D eigenvalue weighted by Gasteiger charge is -2.42. The highest BCUT2D eigenvalue weighted by Crippen LogP contribution is 2.25. The maximum absolute atomic E-state index is 6.02. The molecule has 0 amide bonds. The summed E-state index contributed by atoms with van der Waals surface area (Å²) >= 11 is 0. The molecule has 2 aliphatic rings. The van der Waals surface area contributed by atoms with Gasteiger partial charge in [0.05, 0.1) is 6.10 Å². The van der Waals surface area contributed by atoms with E-state index in [0.29, 0.717) is 12.1 Å². The van der Waals surface area contributed by atoms with Gasteiger partial charge in [0, 0.05) is 25.2 Å². The minimum absolute atomic E-state index is 0.478. The van der Waals surface area contributed by atoms with E-state index in [2.05, 4.69) is 24.2 Å². The fourth-order valence-electron chi connectivity index (χ4n) is 3.93. The molecule has 1 heterocycles. The first-order valence-corrected chi connectivity index (χ1v) is 8.88. The summed E-state index contributed by atoms with van der Waals surface area (Å²) in [7, 11) is 2.15. The Hall–Kier alpha value is -0.120. The summed E-state index contributed by atoms with van der Waals surface area (Å²) in [6, 6.07) is 1.41. The van der Waals surface area contributed by atoms with Gasteiger partial charge in [0.15, 0.2) is 0 Å². The van der Waals surface area contributed by atoms with E-state index in [1.54, 1.807) is 0 Å². The lowest BCUT2D eigenvalue weighted by molar-refractivity contribution is -0.0200. The number of hydrogen-bond donors (Lipinski definition) is 1. The van der Waals surface area contributed by atoms with Gasteiger partial charge in [-0.15, -0.1) is 0 Å². The van der Waals surface area contributed by atoms with Crippen LogP contribution in [0.15, 0.2) is 0 Å². The molecular formula is C17H34N2O. The highest BCUT2D eigenvalue weighted by Gasteiger charge is 2.31. The molecule has 0 bridgehead atoms. The number of hydrogen-bond acceptors (Lipinski definition) is 3. The van der Waals surface area contributed by atoms with Crippen molar-refractivity contribution in [1.29, 1.82) is 0 Å². The number of nitrogens with zero attached hydrogens (tertiary/aromatic N) is 1. The molecule has 1 aliphatic heterocycles. The Morgan fingerprint density at radius 2 is 1.85 bits per heavy atom. The predicted octanol–water partition coefficient (Wildman–Crippen LogP) is 3.19. The average Bonchev–Trinajstić information content (AvgIpc) is 2.45. The maximum atomic E-state index is 6.02. The van der Waals surface area contributed by atoms with Gasteiger partial charge < -0.3 is 10.1 Å². The molecule has 3 heteroatoms. The van der Waals surface area contributed by atoms with Gasteiger partial charge >= 0.3 is 0 Å². The molecule has 1 saturated heterocycles. The van der Waals surface area contributed by atoms with Crippen LogP contribution in [0.5, 0.6) is 0 Å². The number of piperidine rings is 1. The monoisotopic (exact) mass is 282 g/mol. The molecule has 3 unspecified atom stereocenters. The molecule has 3 nitrogen and oxygen atoms in total. The number of likely N-dealkylation sites (N-methyl/N-ethyl adjacent to an activating group) is 1. The van der Waals surface area contributed by atoms with Crippen molar-refractivity contribution < 1.29 is 4.74 Å². The second kappa shape index (κ2) is 9.01. The van der Waals surface area contributed by atoms with E-state index in [0.717, 1.165) is 25.6 Å². The molecule has 20 heavy (non-hydrogen) atoms. The molecule has 0 spiro atoms. The second-order valence-electron chi connectivity index (χ2n) is 6.58. The Kier molecular flexibility index (Phi) is 7.32. The van der Waals surface area contributed by atoms with Crippen molar-refractivity contribution in [3.05, 3.63) is 0 Å². The second-order valence-corrected chi connectivity index (χ2v) is 6.58. The molecule has 2 rings (SSSR count). The number of likely N-dealkylation sites (tertiary alicyclic amines) is 1. The summed E-state index contributed by atoms with van der Waals surface area (Å²) < 4.78 is 6.02. The van der Waals surface area contributed by atoms with Crippen LogP contribution in [0.2, 0.25) is 0 Å². The number of nitrogens with one attached hydrogen (secondary N) is 1. The van der Waals surface area contributed by atoms with Crippen LogP contribution in [0.1, 0.15) is 64.7 Å². The first-order chi connectivity index (χ1) is 9.85. The zero-order valence-electron chi connectivity index (χ0n) is 13.6. The van der Waals surface area contributed by atoms with Gasteiger partial charge in [-0.1, -0.05) is 32.6 Å². The summed E-state index contributed by atoms with van der Waals surface area (Å²) in [5.41, 5.74) is 0. The SMILES string of the molecule is CCCOC1CCCN(C2CCCCCCC2NC)C1. The molecule has 1 saturated carbocycles. The summed E-state index contributed by atoms with van der Waals surface area (Å²) in [4.78, 5) is 2.73. The molecule has 1 aliphatic carbocycles. The van der Waals surface area contributed by atoms with E-state index in [1.807, 2.05) is 0 Å². The first-order valence-electron chi connectivity index (χ1n) is 8.88. The Bertz CT molecular complexity index is 259. The van der Waals surface area contributed by atoms with Crippen LogP contribution >= 0.6 is 0 Å². The van der Waals surface area contributed by atoms with E-state index in [-0.39, 0.29) is 0 Å². The van der Waals surface area contributed by atoms with Crippen molar-refractivity contribution in [2.24, 2.45) is 0 Å². The number of ether oxygens (including phenoxy) is 1. The third-order valence-corrected chi connectivity index (χ3v) is 5.04. The zero-order valence-corrected chi connectivity index (χ0v) is 13.6. The van der Waals surface area contributed by atoms with Crippen LogP contribution in [0, 0.1) is 0 Å². The van der Waals surface area contributed by atoms with Crippen molar-refractivity contribution in [2.75, 3.05) is 26.7 Å². The van der Waals surface area contributed by atoms with E-state index in [1.165, 1.54) is 57.9 Å². The van der Waals surface area contributed by atoms with E-state index in [4.69, 9.17) is 4.74 Å². The van der Waals surface area contributed by atoms with E-state index < -0.39 is 0 Å². The number of rotatable bonds is 5. The van der Waals surface area contributed by atoms with E-state index >= 15 is 0 Å². The third-order valence-electron chi connectivity index (χ3n) is 5.04. The lowest BCUT2D eigenvalue weighted by Crippen LogP contribution is -2.54. The summed E-state index contributed by atoms with van der Waals surface area (Å²) in [5.74, 6) is 0. The first kappa shape index (κ1) is 16.3. The van der Waals surface area contributed by atoms with Crippen LogP contribution in [-0.4, -0.2) is 49.8 Å². The molecule has 0 aromatic rings. The van der Waals surface area contributed by atoms with Crippen molar-refractivity contribution in [3.8, 4) is 0 Å². The Balaban J connectivity index is 1.91. The molecule has 0 radical (unpaired) electrons. The summed E-state index contributed by atoms with van der Waals surface area (Å²) in [6.45, 7) is 5.56. The van der Waals surface area contributed by atoms with Gasteiger partial charge in [-0.3, -0.25) is 4.90 Å². The maximum Gasteiger partial charge on any atom is 0.0702 e. The Morgan fingerprint density at radius 3 is 2.60 bits per heavy atom. The van der Waals surface area contributed by atoms with Crippen LogP contribution in [0.25, 0.3) is 0 Å². The van der Waals surface area contributed by atoms with Crippen molar-refractivity contribution in [2.45, 2.75) is 82.9 Å². The van der Waals surface area contributed by atoms with Crippen LogP contribution in [0.4, 0.5) is 0 Å². The van der Waals surface area contributed by atoms with Gasteiger partial charge in [0.25, 0.3) is 0 Å². The van der Waals surface area contributed by atoms with Crippen molar-refractivity contribution in [1.82, 2.24) is 10.2 Å². The summed E-state index contributed by atoms with van der Waals surface area (Å²) in [6.07, 6.45) is 12.5. The molecular weight excluding hydrogens is 248 g/mol. The molecule has 0 aromatic heterocycles. The van der Waals surface area contributed by atoms with Crippen molar-refractivity contribution in [3.63, 3.8) is 0 Å². The largest absolute Gasteiger partial charge is 0.377 e. The van der Waals surface area contributed by atoms with Gasteiger partial charge in [-0.05, 0) is 45.7 Å². The average molecular weight is 282 g/mol. The fraction of sp³-hybridized carbons (Fsp3) is 1.00. The third kappa shape index (κ3) is 4.71. The van der Waals surface area contributed by atoms with Gasteiger partial charge in [-0.2, -0.15) is 0 Å².